The molecule has 5 heteroatoms. The Hall–Kier alpha value is -2.66. The highest BCUT2D eigenvalue weighted by Crippen LogP contribution is 2.26. The highest BCUT2D eigenvalue weighted by atomic mass is 16.6. The number of carbonyl (C=O) groups excluding carboxylic acids is 1. The molecule has 3 rings (SSSR count). The summed E-state index contributed by atoms with van der Waals surface area (Å²) >= 11 is 0. The predicted molar refractivity (Wildman–Crippen MR) is 97.5 cm³/mol. The van der Waals surface area contributed by atoms with Crippen LogP contribution in [0.3, 0.4) is 0 Å². The summed E-state index contributed by atoms with van der Waals surface area (Å²) in [5, 5.41) is 13.7. The van der Waals surface area contributed by atoms with Crippen LogP contribution in [0.2, 0.25) is 0 Å². The Bertz CT molecular complexity index is 814. The second kappa shape index (κ2) is 7.49. The van der Waals surface area contributed by atoms with Crippen LogP contribution >= 0.6 is 0 Å². The summed E-state index contributed by atoms with van der Waals surface area (Å²) < 4.78 is 0. The molecule has 0 saturated carbocycles. The Morgan fingerprint density at radius 3 is 2.80 bits per heavy atom. The van der Waals surface area contributed by atoms with E-state index >= 15 is 0 Å². The number of nitrogens with zero attached hydrogens (tertiary/aromatic N) is 2. The fraction of sp³-hybridized carbons (Fsp3) is 0.300. The predicted octanol–water partition coefficient (Wildman–Crippen LogP) is 3.00. The molecular weight excluding hydrogens is 316 g/mol. The minimum absolute atomic E-state index is 0.0818. The Kier molecular flexibility index (Phi) is 5.14. The van der Waals surface area contributed by atoms with Gasteiger partial charge >= 0.3 is 0 Å². The first kappa shape index (κ1) is 17.2. The van der Waals surface area contributed by atoms with E-state index in [9.17, 15) is 9.90 Å². The number of aryl methyl sites for hydroxylation is 1. The first-order valence-corrected chi connectivity index (χ1v) is 8.32. The number of amides is 1. The molecule has 1 fully saturated rings. The van der Waals surface area contributed by atoms with E-state index in [0.29, 0.717) is 24.2 Å². The molecule has 1 aliphatic heterocycles. The van der Waals surface area contributed by atoms with Crippen molar-refractivity contribution < 1.29 is 14.7 Å². The van der Waals surface area contributed by atoms with Crippen molar-refractivity contribution in [1.82, 2.24) is 4.90 Å². The Balaban J connectivity index is 1.89. The van der Waals surface area contributed by atoms with Gasteiger partial charge in [-0.25, -0.2) is 0 Å². The molecule has 0 spiro atoms. The Labute approximate surface area is 147 Å². The normalized spacial score (nSPS) is 15.6. The first-order chi connectivity index (χ1) is 12.1. The molecular formula is C20H22N2O3. The monoisotopic (exact) mass is 338 g/mol. The molecule has 2 aromatic carbocycles. The van der Waals surface area contributed by atoms with Crippen LogP contribution < -0.4 is 0 Å². The molecule has 25 heavy (non-hydrogen) atoms. The van der Waals surface area contributed by atoms with Crippen molar-refractivity contribution in [1.29, 1.82) is 0 Å². The molecule has 1 heterocycles. The zero-order valence-corrected chi connectivity index (χ0v) is 14.5. The summed E-state index contributed by atoms with van der Waals surface area (Å²) in [6.07, 6.45) is 0.718. The van der Waals surface area contributed by atoms with Gasteiger partial charge in [-0.2, -0.15) is 0 Å². The molecule has 5 nitrogen and oxygen atoms in total. The minimum Gasteiger partial charge on any atom is -0.399 e. The van der Waals surface area contributed by atoms with Crippen LogP contribution in [0, 0.1) is 6.92 Å². The molecule has 0 aliphatic carbocycles. The molecule has 130 valence electrons. The Morgan fingerprint density at radius 1 is 1.28 bits per heavy atom. The second-order valence-electron chi connectivity index (χ2n) is 6.16. The van der Waals surface area contributed by atoms with Gasteiger partial charge in [0.2, 0.25) is 0 Å². The van der Waals surface area contributed by atoms with Crippen molar-refractivity contribution in [2.24, 2.45) is 5.16 Å². The lowest BCUT2D eigenvalue weighted by Crippen LogP contribution is -2.29. The van der Waals surface area contributed by atoms with Crippen LogP contribution in [0.25, 0.3) is 11.1 Å². The largest absolute Gasteiger partial charge is 0.399 e. The van der Waals surface area contributed by atoms with Gasteiger partial charge in [-0.3, -0.25) is 4.79 Å². The fourth-order valence-electron chi connectivity index (χ4n) is 3.19. The number of oxime groups is 1. The van der Waals surface area contributed by atoms with Gasteiger partial charge in [-0.05, 0) is 41.3 Å². The topological polar surface area (TPSA) is 62.1 Å². The van der Waals surface area contributed by atoms with Crippen molar-refractivity contribution in [3.8, 4) is 11.1 Å². The van der Waals surface area contributed by atoms with E-state index in [1.54, 1.807) is 11.0 Å². The molecule has 1 amide bonds. The highest BCUT2D eigenvalue weighted by molar-refractivity contribution is 6.01. The van der Waals surface area contributed by atoms with Gasteiger partial charge in [0.15, 0.2) is 0 Å². The van der Waals surface area contributed by atoms with E-state index in [1.165, 1.54) is 7.11 Å². The average molecular weight is 338 g/mol. The molecule has 2 aromatic rings. The van der Waals surface area contributed by atoms with Crippen LogP contribution in [-0.2, 0) is 11.4 Å². The standard InChI is InChI=1S/C20H22N2O3/c1-14-5-3-4-6-18(14)15-7-8-19(16(11-15)13-23)20(24)22-10-9-17(12-22)21-25-2/h3-8,11,23H,9-10,12-13H2,1-2H3/b21-17-. The van der Waals surface area contributed by atoms with Crippen LogP contribution in [0.15, 0.2) is 47.6 Å². The summed E-state index contributed by atoms with van der Waals surface area (Å²) in [5.74, 6) is -0.0818. The average Bonchev–Trinajstić information content (AvgIpc) is 3.10. The molecule has 0 bridgehead atoms. The van der Waals surface area contributed by atoms with Crippen LogP contribution in [0.1, 0.15) is 27.9 Å². The van der Waals surface area contributed by atoms with E-state index in [0.717, 1.165) is 28.8 Å². The number of carbonyl (C=O) groups is 1. The maximum atomic E-state index is 12.8. The smallest absolute Gasteiger partial charge is 0.254 e. The number of likely N-dealkylation sites (tertiary alicyclic amines) is 1. The van der Waals surface area contributed by atoms with E-state index < -0.39 is 0 Å². The molecule has 0 radical (unpaired) electrons. The SMILES string of the molecule is CO/N=C1/CCN(C(=O)c2ccc(-c3ccccc3C)cc2CO)C1. The lowest BCUT2D eigenvalue weighted by atomic mass is 9.96. The third-order valence-corrected chi connectivity index (χ3v) is 4.51. The second-order valence-corrected chi connectivity index (χ2v) is 6.16. The zero-order valence-electron chi connectivity index (χ0n) is 14.5. The van der Waals surface area contributed by atoms with Crippen molar-refractivity contribution in [3.63, 3.8) is 0 Å². The van der Waals surface area contributed by atoms with Crippen molar-refractivity contribution in [2.75, 3.05) is 20.2 Å². The van der Waals surface area contributed by atoms with Crippen molar-refractivity contribution in [2.45, 2.75) is 20.0 Å². The molecule has 1 N–H and O–H groups in total. The van der Waals surface area contributed by atoms with E-state index in [1.807, 2.05) is 43.3 Å². The maximum Gasteiger partial charge on any atom is 0.254 e. The lowest BCUT2D eigenvalue weighted by molar-refractivity contribution is 0.0795. The maximum absolute atomic E-state index is 12.8. The van der Waals surface area contributed by atoms with Gasteiger partial charge in [0.05, 0.1) is 18.9 Å². The summed E-state index contributed by atoms with van der Waals surface area (Å²) in [4.78, 5) is 19.3. The van der Waals surface area contributed by atoms with Crippen LogP contribution in [0.5, 0.6) is 0 Å². The third kappa shape index (κ3) is 3.56. The summed E-state index contributed by atoms with van der Waals surface area (Å²) in [6, 6.07) is 13.7. The van der Waals surface area contributed by atoms with Gasteiger partial charge in [0.25, 0.3) is 5.91 Å². The van der Waals surface area contributed by atoms with E-state index in [2.05, 4.69) is 5.16 Å². The first-order valence-electron chi connectivity index (χ1n) is 8.32. The van der Waals surface area contributed by atoms with E-state index in [4.69, 9.17) is 4.84 Å². The molecule has 0 atom stereocenters. The van der Waals surface area contributed by atoms with Gasteiger partial charge in [0, 0.05) is 18.5 Å². The summed E-state index contributed by atoms with van der Waals surface area (Å²) in [7, 11) is 1.51. The summed E-state index contributed by atoms with van der Waals surface area (Å²) in [5.41, 5.74) is 5.30. The number of rotatable bonds is 4. The number of benzene rings is 2. The zero-order chi connectivity index (χ0) is 17.8. The lowest BCUT2D eigenvalue weighted by Gasteiger charge is -2.18. The van der Waals surface area contributed by atoms with Crippen LogP contribution in [-0.4, -0.2) is 41.8 Å². The molecule has 0 aromatic heterocycles. The summed E-state index contributed by atoms with van der Waals surface area (Å²) in [6.45, 7) is 2.96. The van der Waals surface area contributed by atoms with Crippen LogP contribution in [0.4, 0.5) is 0 Å². The number of hydrogen-bond donors (Lipinski definition) is 1. The molecule has 1 aliphatic rings. The third-order valence-electron chi connectivity index (χ3n) is 4.51. The fourth-order valence-corrected chi connectivity index (χ4v) is 3.19. The van der Waals surface area contributed by atoms with E-state index in [-0.39, 0.29) is 12.5 Å². The van der Waals surface area contributed by atoms with Gasteiger partial charge in [0.1, 0.15) is 7.11 Å². The van der Waals surface area contributed by atoms with Crippen molar-refractivity contribution >= 4 is 11.6 Å². The highest BCUT2D eigenvalue weighted by Gasteiger charge is 2.26. The molecule has 1 saturated heterocycles. The van der Waals surface area contributed by atoms with Gasteiger partial charge in [-0.15, -0.1) is 0 Å². The minimum atomic E-state index is -0.173. The van der Waals surface area contributed by atoms with Gasteiger partial charge in [-0.1, -0.05) is 35.5 Å². The Morgan fingerprint density at radius 2 is 2.08 bits per heavy atom. The number of hydrogen-bond acceptors (Lipinski definition) is 4. The number of aliphatic hydroxyl groups excluding tert-OH is 1. The molecule has 0 unspecified atom stereocenters. The van der Waals surface area contributed by atoms with Gasteiger partial charge < -0.3 is 14.8 Å². The number of aliphatic hydroxyl groups is 1. The quantitative estimate of drug-likeness (QED) is 0.872. The van der Waals surface area contributed by atoms with Crippen molar-refractivity contribution in [3.05, 3.63) is 59.2 Å².